The Morgan fingerprint density at radius 1 is 1.29 bits per heavy atom. The third kappa shape index (κ3) is 2.26. The van der Waals surface area contributed by atoms with Crippen molar-refractivity contribution in [3.05, 3.63) is 28.8 Å². The van der Waals surface area contributed by atoms with Crippen LogP contribution in [0.2, 0.25) is 0 Å². The first-order chi connectivity index (χ1) is 6.56. The van der Waals surface area contributed by atoms with Gasteiger partial charge in [0, 0.05) is 0 Å². The zero-order chi connectivity index (χ0) is 10.7. The fourth-order valence-corrected chi connectivity index (χ4v) is 1.69. The average Bonchev–Trinajstić information content (AvgIpc) is 2.13. The monoisotopic (exact) mass is 193 g/mol. The van der Waals surface area contributed by atoms with Crippen LogP contribution in [0.4, 0.5) is 0 Å². The first-order valence-electron chi connectivity index (χ1n) is 5.06. The van der Waals surface area contributed by atoms with Crippen molar-refractivity contribution < 1.29 is 5.11 Å². The molecule has 0 saturated heterocycles. The minimum atomic E-state index is 0.411. The van der Waals surface area contributed by atoms with Crippen LogP contribution in [0.25, 0.3) is 0 Å². The number of phenols is 1. The number of phenolic OH excluding ortho intramolecular Hbond substituents is 1. The van der Waals surface area contributed by atoms with Crippen molar-refractivity contribution in [2.75, 3.05) is 6.54 Å². The van der Waals surface area contributed by atoms with Crippen molar-refractivity contribution in [1.82, 2.24) is 0 Å². The van der Waals surface area contributed by atoms with Crippen LogP contribution in [0.5, 0.6) is 5.75 Å². The summed E-state index contributed by atoms with van der Waals surface area (Å²) in [5.41, 5.74) is 8.69. The molecule has 0 fully saturated rings. The summed E-state index contributed by atoms with van der Waals surface area (Å²) < 4.78 is 0. The number of aryl methyl sites for hydroxylation is 2. The lowest BCUT2D eigenvalue weighted by atomic mass is 9.94. The quantitative estimate of drug-likeness (QED) is 0.774. The topological polar surface area (TPSA) is 46.2 Å². The number of rotatable bonds is 3. The van der Waals surface area contributed by atoms with E-state index in [2.05, 4.69) is 6.92 Å². The van der Waals surface area contributed by atoms with E-state index < -0.39 is 0 Å². The molecule has 1 rings (SSSR count). The Bertz CT molecular complexity index is 297. The van der Waals surface area contributed by atoms with Gasteiger partial charge >= 0.3 is 0 Å². The second-order valence-corrected chi connectivity index (χ2v) is 3.98. The maximum absolute atomic E-state index is 9.62. The standard InChI is InChI=1S/C12H19NO/c1-8(4-5-13)11-6-9(2)12(14)10(3)7-11/h6-8,14H,4-5,13H2,1-3H3. The zero-order valence-electron chi connectivity index (χ0n) is 9.17. The van der Waals surface area contributed by atoms with Crippen LogP contribution in [-0.2, 0) is 0 Å². The van der Waals surface area contributed by atoms with Gasteiger partial charge in [-0.15, -0.1) is 0 Å². The van der Waals surface area contributed by atoms with Crippen molar-refractivity contribution in [2.24, 2.45) is 5.73 Å². The molecule has 0 aromatic heterocycles. The molecule has 1 atom stereocenters. The van der Waals surface area contributed by atoms with Gasteiger partial charge in [-0.3, -0.25) is 0 Å². The maximum atomic E-state index is 9.62. The fraction of sp³-hybridized carbons (Fsp3) is 0.500. The Kier molecular flexibility index (Phi) is 3.53. The Labute approximate surface area is 85.8 Å². The molecule has 0 bridgehead atoms. The Morgan fingerprint density at radius 2 is 1.79 bits per heavy atom. The molecule has 2 nitrogen and oxygen atoms in total. The van der Waals surface area contributed by atoms with Gasteiger partial charge in [-0.25, -0.2) is 0 Å². The molecule has 0 aliphatic rings. The highest BCUT2D eigenvalue weighted by molar-refractivity contribution is 5.43. The molecule has 3 N–H and O–H groups in total. The fourth-order valence-electron chi connectivity index (χ4n) is 1.69. The van der Waals surface area contributed by atoms with Crippen molar-refractivity contribution in [2.45, 2.75) is 33.1 Å². The molecule has 0 aliphatic carbocycles. The predicted octanol–water partition coefficient (Wildman–Crippen LogP) is 2.46. The summed E-state index contributed by atoms with van der Waals surface area (Å²) in [5.74, 6) is 0.881. The number of benzene rings is 1. The van der Waals surface area contributed by atoms with Crippen molar-refractivity contribution in [3.8, 4) is 5.75 Å². The van der Waals surface area contributed by atoms with E-state index in [4.69, 9.17) is 5.73 Å². The maximum Gasteiger partial charge on any atom is 0.121 e. The van der Waals surface area contributed by atoms with E-state index in [1.807, 2.05) is 26.0 Å². The molecule has 1 aromatic rings. The molecule has 2 heteroatoms. The lowest BCUT2D eigenvalue weighted by Gasteiger charge is -2.13. The Hall–Kier alpha value is -1.02. The summed E-state index contributed by atoms with van der Waals surface area (Å²) in [6, 6.07) is 4.09. The van der Waals surface area contributed by atoms with Gasteiger partial charge in [0.05, 0.1) is 0 Å². The van der Waals surface area contributed by atoms with E-state index in [1.54, 1.807) is 0 Å². The first-order valence-corrected chi connectivity index (χ1v) is 5.06. The van der Waals surface area contributed by atoms with Crippen LogP contribution in [-0.4, -0.2) is 11.7 Å². The second-order valence-electron chi connectivity index (χ2n) is 3.98. The van der Waals surface area contributed by atoms with Gasteiger partial charge in [-0.05, 0) is 49.4 Å². The first kappa shape index (κ1) is 11.1. The van der Waals surface area contributed by atoms with Crippen molar-refractivity contribution in [1.29, 1.82) is 0 Å². The Morgan fingerprint density at radius 3 is 2.21 bits per heavy atom. The molecule has 0 heterocycles. The van der Waals surface area contributed by atoms with Gasteiger partial charge in [0.1, 0.15) is 5.75 Å². The van der Waals surface area contributed by atoms with Crippen LogP contribution in [0.1, 0.15) is 36.0 Å². The van der Waals surface area contributed by atoms with Gasteiger partial charge in [-0.1, -0.05) is 19.1 Å². The van der Waals surface area contributed by atoms with E-state index in [-0.39, 0.29) is 0 Å². The molecule has 1 aromatic carbocycles. The molecular formula is C12H19NO. The van der Waals surface area contributed by atoms with Gasteiger partial charge in [-0.2, -0.15) is 0 Å². The summed E-state index contributed by atoms with van der Waals surface area (Å²) >= 11 is 0. The largest absolute Gasteiger partial charge is 0.507 e. The van der Waals surface area contributed by atoms with Gasteiger partial charge in [0.25, 0.3) is 0 Å². The van der Waals surface area contributed by atoms with Crippen LogP contribution >= 0.6 is 0 Å². The smallest absolute Gasteiger partial charge is 0.121 e. The predicted molar refractivity (Wildman–Crippen MR) is 59.7 cm³/mol. The lowest BCUT2D eigenvalue weighted by Crippen LogP contribution is -2.05. The zero-order valence-corrected chi connectivity index (χ0v) is 9.17. The van der Waals surface area contributed by atoms with Crippen LogP contribution < -0.4 is 5.73 Å². The van der Waals surface area contributed by atoms with Crippen molar-refractivity contribution >= 4 is 0 Å². The summed E-state index contributed by atoms with van der Waals surface area (Å²) in [6.07, 6.45) is 0.990. The second kappa shape index (κ2) is 4.47. The third-order valence-electron chi connectivity index (χ3n) is 2.68. The molecule has 14 heavy (non-hydrogen) atoms. The average molecular weight is 193 g/mol. The van der Waals surface area contributed by atoms with Crippen molar-refractivity contribution in [3.63, 3.8) is 0 Å². The number of hydrogen-bond acceptors (Lipinski definition) is 2. The summed E-state index contributed by atoms with van der Waals surface area (Å²) in [4.78, 5) is 0. The third-order valence-corrected chi connectivity index (χ3v) is 2.68. The molecule has 78 valence electrons. The molecular weight excluding hydrogens is 174 g/mol. The lowest BCUT2D eigenvalue weighted by molar-refractivity contribution is 0.466. The van der Waals surface area contributed by atoms with Gasteiger partial charge in [0.2, 0.25) is 0 Å². The molecule has 0 saturated carbocycles. The number of hydrogen-bond donors (Lipinski definition) is 2. The highest BCUT2D eigenvalue weighted by Crippen LogP contribution is 2.27. The summed E-state index contributed by atoms with van der Waals surface area (Å²) in [7, 11) is 0. The molecule has 0 aliphatic heterocycles. The van der Waals surface area contributed by atoms with Crippen LogP contribution in [0.3, 0.4) is 0 Å². The molecule has 0 radical (unpaired) electrons. The Balaban J connectivity index is 3.00. The highest BCUT2D eigenvalue weighted by Gasteiger charge is 2.08. The van der Waals surface area contributed by atoms with Crippen LogP contribution in [0, 0.1) is 13.8 Å². The van der Waals surface area contributed by atoms with E-state index in [0.717, 1.165) is 17.5 Å². The SMILES string of the molecule is Cc1cc(C(C)CCN)cc(C)c1O. The molecule has 1 unspecified atom stereocenters. The summed E-state index contributed by atoms with van der Waals surface area (Å²) in [5, 5.41) is 9.62. The van der Waals surface area contributed by atoms with Crippen LogP contribution in [0.15, 0.2) is 12.1 Å². The van der Waals surface area contributed by atoms with E-state index in [0.29, 0.717) is 18.2 Å². The van der Waals surface area contributed by atoms with E-state index in [1.165, 1.54) is 5.56 Å². The van der Waals surface area contributed by atoms with Gasteiger partial charge in [0.15, 0.2) is 0 Å². The summed E-state index contributed by atoms with van der Waals surface area (Å²) in [6.45, 7) is 6.74. The minimum absolute atomic E-state index is 0.411. The number of aromatic hydroxyl groups is 1. The number of nitrogens with two attached hydrogens (primary N) is 1. The molecule has 0 spiro atoms. The van der Waals surface area contributed by atoms with E-state index in [9.17, 15) is 5.11 Å². The van der Waals surface area contributed by atoms with E-state index >= 15 is 0 Å². The normalized spacial score (nSPS) is 12.9. The molecule has 0 amide bonds. The van der Waals surface area contributed by atoms with Gasteiger partial charge < -0.3 is 10.8 Å². The minimum Gasteiger partial charge on any atom is -0.507 e. The highest BCUT2D eigenvalue weighted by atomic mass is 16.3.